The lowest BCUT2D eigenvalue weighted by molar-refractivity contribution is 0.589. The summed E-state index contributed by atoms with van der Waals surface area (Å²) in [6, 6.07) is 28.7. The summed E-state index contributed by atoms with van der Waals surface area (Å²) in [7, 11) is -3.86. The summed E-state index contributed by atoms with van der Waals surface area (Å²) in [6.45, 7) is 0. The van der Waals surface area contributed by atoms with Crippen LogP contribution in [0.2, 0.25) is 0 Å². The number of benzene rings is 3. The van der Waals surface area contributed by atoms with E-state index in [1.54, 1.807) is 54.1 Å². The molecule has 7 aromatic rings. The van der Waals surface area contributed by atoms with Crippen molar-refractivity contribution in [3.05, 3.63) is 114 Å². The Morgan fingerprint density at radius 2 is 1.57 bits per heavy atom. The zero-order chi connectivity index (χ0) is 25.0. The van der Waals surface area contributed by atoms with Gasteiger partial charge in [0.2, 0.25) is 0 Å². The maximum Gasteiger partial charge on any atom is 0.269 e. The first kappa shape index (κ1) is 21.9. The van der Waals surface area contributed by atoms with Gasteiger partial charge in [0.15, 0.2) is 5.65 Å². The van der Waals surface area contributed by atoms with Gasteiger partial charge in [0.05, 0.1) is 16.1 Å². The Morgan fingerprint density at radius 1 is 0.757 bits per heavy atom. The zero-order valence-electron chi connectivity index (χ0n) is 19.4. The minimum Gasteiger partial charge on any atom is -0.247 e. The molecule has 0 radical (unpaired) electrons. The summed E-state index contributed by atoms with van der Waals surface area (Å²) < 4.78 is 28.5. The molecule has 0 aliphatic heterocycles. The first-order valence-corrected chi connectivity index (χ1v) is 14.1. The summed E-state index contributed by atoms with van der Waals surface area (Å²) in [5, 5.41) is 8.12. The van der Waals surface area contributed by atoms with Crippen molar-refractivity contribution in [2.45, 2.75) is 4.90 Å². The van der Waals surface area contributed by atoms with Crippen molar-refractivity contribution in [3.8, 4) is 22.4 Å². The molecule has 0 aliphatic rings. The Morgan fingerprint density at radius 3 is 2.41 bits per heavy atom. The molecule has 0 N–H and O–H groups in total. The third-order valence-electron chi connectivity index (χ3n) is 6.64. The SMILES string of the molecule is O=S(=O)(c1ccccc1)n1cc(-c2cc(-c3ccsc3)c3ccc4ccccc4c3n2)c2cccnc21. The quantitative estimate of drug-likeness (QED) is 0.229. The molecule has 0 spiro atoms. The van der Waals surface area contributed by atoms with Crippen molar-refractivity contribution < 1.29 is 8.42 Å². The van der Waals surface area contributed by atoms with Crippen LogP contribution in [0.15, 0.2) is 119 Å². The van der Waals surface area contributed by atoms with Crippen molar-refractivity contribution >= 4 is 54.1 Å². The number of thiophene rings is 1. The molecular weight excluding hydrogens is 498 g/mol. The van der Waals surface area contributed by atoms with E-state index in [0.29, 0.717) is 16.9 Å². The highest BCUT2D eigenvalue weighted by Crippen LogP contribution is 2.38. The van der Waals surface area contributed by atoms with Crippen LogP contribution in [0, 0.1) is 0 Å². The molecule has 0 saturated carbocycles. The predicted octanol–water partition coefficient (Wildman–Crippen LogP) is 7.37. The van der Waals surface area contributed by atoms with Crippen molar-refractivity contribution in [1.82, 2.24) is 13.9 Å². The lowest BCUT2D eigenvalue weighted by Gasteiger charge is -2.11. The summed E-state index contributed by atoms with van der Waals surface area (Å²) >= 11 is 1.64. The summed E-state index contributed by atoms with van der Waals surface area (Å²) in [4.78, 5) is 9.80. The lowest BCUT2D eigenvalue weighted by Crippen LogP contribution is -2.12. The molecule has 5 nitrogen and oxygen atoms in total. The molecule has 0 bridgehead atoms. The second-order valence-corrected chi connectivity index (χ2v) is 11.4. The van der Waals surface area contributed by atoms with E-state index in [1.165, 1.54) is 3.97 Å². The van der Waals surface area contributed by atoms with Crippen LogP contribution in [-0.4, -0.2) is 22.4 Å². The minimum absolute atomic E-state index is 0.209. The van der Waals surface area contributed by atoms with Crippen LogP contribution in [0.25, 0.3) is 55.1 Å². The van der Waals surface area contributed by atoms with Gasteiger partial charge in [-0.05, 0) is 63.7 Å². The van der Waals surface area contributed by atoms with Gasteiger partial charge in [-0.1, -0.05) is 54.6 Å². The van der Waals surface area contributed by atoms with E-state index in [1.807, 2.05) is 24.3 Å². The minimum atomic E-state index is -3.86. The number of nitrogens with zero attached hydrogens (tertiary/aromatic N) is 3. The zero-order valence-corrected chi connectivity index (χ0v) is 21.1. The van der Waals surface area contributed by atoms with Crippen molar-refractivity contribution in [1.29, 1.82) is 0 Å². The van der Waals surface area contributed by atoms with Crippen LogP contribution in [0.3, 0.4) is 0 Å². The number of fused-ring (bicyclic) bond motifs is 4. The summed E-state index contributed by atoms with van der Waals surface area (Å²) in [5.74, 6) is 0. The van der Waals surface area contributed by atoms with E-state index < -0.39 is 10.0 Å². The largest absolute Gasteiger partial charge is 0.269 e. The average molecular weight is 518 g/mol. The van der Waals surface area contributed by atoms with Gasteiger partial charge in [-0.3, -0.25) is 0 Å². The van der Waals surface area contributed by atoms with Gasteiger partial charge >= 0.3 is 0 Å². The Labute approximate surface area is 217 Å². The number of hydrogen-bond donors (Lipinski definition) is 0. The van der Waals surface area contributed by atoms with E-state index in [0.717, 1.165) is 38.2 Å². The molecule has 7 rings (SSSR count). The molecule has 0 aliphatic carbocycles. The molecule has 4 heterocycles. The molecule has 0 atom stereocenters. The molecule has 0 fully saturated rings. The van der Waals surface area contributed by atoms with E-state index in [9.17, 15) is 8.42 Å². The molecular formula is C30H19N3O2S2. The van der Waals surface area contributed by atoms with Gasteiger partial charge in [0.25, 0.3) is 10.0 Å². The van der Waals surface area contributed by atoms with E-state index >= 15 is 0 Å². The van der Waals surface area contributed by atoms with Crippen LogP contribution in [-0.2, 0) is 10.0 Å². The summed E-state index contributed by atoms with van der Waals surface area (Å²) in [5.41, 5.74) is 4.83. The highest BCUT2D eigenvalue weighted by atomic mass is 32.2. The second-order valence-electron chi connectivity index (χ2n) is 8.78. The first-order chi connectivity index (χ1) is 18.1. The van der Waals surface area contributed by atoms with Gasteiger partial charge in [-0.2, -0.15) is 11.3 Å². The average Bonchev–Trinajstić information content (AvgIpc) is 3.62. The number of aromatic nitrogens is 3. The van der Waals surface area contributed by atoms with Gasteiger partial charge in [-0.15, -0.1) is 0 Å². The van der Waals surface area contributed by atoms with Crippen LogP contribution in [0.5, 0.6) is 0 Å². The monoisotopic (exact) mass is 517 g/mol. The van der Waals surface area contributed by atoms with Gasteiger partial charge < -0.3 is 0 Å². The van der Waals surface area contributed by atoms with Crippen molar-refractivity contribution in [2.75, 3.05) is 0 Å². The highest BCUT2D eigenvalue weighted by Gasteiger charge is 2.24. The van der Waals surface area contributed by atoms with Crippen LogP contribution < -0.4 is 0 Å². The van der Waals surface area contributed by atoms with E-state index in [-0.39, 0.29) is 4.90 Å². The molecule has 0 unspecified atom stereocenters. The maximum absolute atomic E-state index is 13.6. The highest BCUT2D eigenvalue weighted by molar-refractivity contribution is 7.90. The second kappa shape index (κ2) is 8.37. The van der Waals surface area contributed by atoms with E-state index in [2.05, 4.69) is 52.1 Å². The third-order valence-corrected chi connectivity index (χ3v) is 8.99. The number of rotatable bonds is 4. The predicted molar refractivity (Wildman–Crippen MR) is 150 cm³/mol. The fourth-order valence-corrected chi connectivity index (χ4v) is 6.88. The lowest BCUT2D eigenvalue weighted by atomic mass is 9.97. The van der Waals surface area contributed by atoms with Crippen molar-refractivity contribution in [2.24, 2.45) is 0 Å². The smallest absolute Gasteiger partial charge is 0.247 e. The normalized spacial score (nSPS) is 12.0. The summed E-state index contributed by atoms with van der Waals surface area (Å²) in [6.07, 6.45) is 3.26. The molecule has 178 valence electrons. The third kappa shape index (κ3) is 3.47. The number of hydrogen-bond acceptors (Lipinski definition) is 5. The van der Waals surface area contributed by atoms with Gasteiger partial charge in [-0.25, -0.2) is 22.4 Å². The van der Waals surface area contributed by atoms with Gasteiger partial charge in [0.1, 0.15) is 0 Å². The number of pyridine rings is 2. The molecule has 7 heteroatoms. The molecule has 0 amide bonds. The van der Waals surface area contributed by atoms with E-state index in [4.69, 9.17) is 4.98 Å². The fraction of sp³-hybridized carbons (Fsp3) is 0. The fourth-order valence-electron chi connectivity index (χ4n) is 4.88. The van der Waals surface area contributed by atoms with Crippen LogP contribution >= 0.6 is 11.3 Å². The van der Waals surface area contributed by atoms with Crippen molar-refractivity contribution in [3.63, 3.8) is 0 Å². The van der Waals surface area contributed by atoms with Crippen LogP contribution in [0.1, 0.15) is 0 Å². The molecule has 0 saturated heterocycles. The Kier molecular flexibility index (Phi) is 4.96. The van der Waals surface area contributed by atoms with Gasteiger partial charge in [0, 0.05) is 34.1 Å². The Balaban J connectivity index is 1.56. The Bertz CT molecular complexity index is 2050. The first-order valence-electron chi connectivity index (χ1n) is 11.7. The molecule has 37 heavy (non-hydrogen) atoms. The topological polar surface area (TPSA) is 64.8 Å². The Hall–Kier alpha value is -4.33. The van der Waals surface area contributed by atoms with Crippen LogP contribution in [0.4, 0.5) is 0 Å². The maximum atomic E-state index is 13.6. The standard InChI is InChI=1S/C30H19N3O2S2/c34-37(35,22-8-2-1-3-9-22)33-18-27(25-11-6-15-31-30(25)33)28-17-26(21-14-16-36-19-21)24-13-12-20-7-4-5-10-23(20)29(24)32-28/h1-19H. The molecule has 3 aromatic carbocycles. The molecule has 4 aromatic heterocycles.